The van der Waals surface area contributed by atoms with Gasteiger partial charge < -0.3 is 18.9 Å². The molecule has 180 valence electrons. The molecule has 1 N–H and O–H groups in total. The monoisotopic (exact) mass is 447 g/mol. The van der Waals surface area contributed by atoms with Crippen molar-refractivity contribution in [2.75, 3.05) is 27.4 Å². The van der Waals surface area contributed by atoms with Crippen LogP contribution in [0.25, 0.3) is 0 Å². The second-order valence-electron chi connectivity index (χ2n) is 8.18. The van der Waals surface area contributed by atoms with E-state index in [0.717, 1.165) is 38.6 Å². The van der Waals surface area contributed by atoms with E-state index in [1.165, 1.54) is 77.0 Å². The summed E-state index contributed by atoms with van der Waals surface area (Å²) >= 11 is 0. The zero-order valence-electron chi connectivity index (χ0n) is 20.2. The molecule has 0 bridgehead atoms. The largest absolute Gasteiger partial charge is 0.356 e. The molecule has 0 saturated heterocycles. The lowest BCUT2D eigenvalue weighted by Crippen LogP contribution is -2.23. The Labute approximate surface area is 188 Å². The lowest BCUT2D eigenvalue weighted by Gasteiger charge is -2.11. The van der Waals surface area contributed by atoms with Crippen LogP contribution in [0.15, 0.2) is 0 Å². The Morgan fingerprint density at radius 1 is 0.667 bits per heavy atom. The van der Waals surface area contributed by atoms with Crippen LogP contribution in [0.2, 0.25) is 0 Å². The number of carbonyl (C=O) groups is 1. The quantitative estimate of drug-likeness (QED) is 0.122. The van der Waals surface area contributed by atoms with Crippen LogP contribution >= 0.6 is 8.60 Å². The molecule has 5 nitrogen and oxygen atoms in total. The summed E-state index contributed by atoms with van der Waals surface area (Å²) in [5, 5.41) is 3.05. The first kappa shape index (κ1) is 29.8. The predicted octanol–water partition coefficient (Wildman–Crippen LogP) is 7.68. The molecule has 0 rings (SSSR count). The lowest BCUT2D eigenvalue weighted by atomic mass is 10.0. The number of unbranched alkanes of at least 4 members (excludes halogenated alkanes) is 15. The third-order valence-corrected chi connectivity index (χ3v) is 6.39. The molecule has 1 amide bonds. The number of amides is 1. The Bertz CT molecular complexity index is 354. The first-order valence-electron chi connectivity index (χ1n) is 12.5. The zero-order chi connectivity index (χ0) is 22.1. The highest BCUT2D eigenvalue weighted by molar-refractivity contribution is 7.41. The van der Waals surface area contributed by atoms with E-state index in [2.05, 4.69) is 12.2 Å². The second kappa shape index (κ2) is 25.0. The van der Waals surface area contributed by atoms with Gasteiger partial charge in [0.15, 0.2) is 0 Å². The van der Waals surface area contributed by atoms with Gasteiger partial charge in [-0.25, -0.2) is 0 Å². The van der Waals surface area contributed by atoms with E-state index in [4.69, 9.17) is 13.6 Å². The molecule has 0 unspecified atom stereocenters. The third-order valence-electron chi connectivity index (χ3n) is 5.40. The minimum atomic E-state index is -1.17. The Morgan fingerprint density at radius 3 is 1.67 bits per heavy atom. The van der Waals surface area contributed by atoms with Gasteiger partial charge >= 0.3 is 8.60 Å². The Morgan fingerprint density at radius 2 is 1.13 bits per heavy atom. The molecule has 6 heteroatoms. The van der Waals surface area contributed by atoms with E-state index >= 15 is 0 Å². The molecule has 0 aliphatic heterocycles. The predicted molar refractivity (Wildman–Crippen MR) is 129 cm³/mol. The fourth-order valence-corrected chi connectivity index (χ4v) is 4.16. The van der Waals surface area contributed by atoms with Gasteiger partial charge in [0.25, 0.3) is 0 Å². The van der Waals surface area contributed by atoms with Crippen molar-refractivity contribution in [1.82, 2.24) is 5.32 Å². The van der Waals surface area contributed by atoms with Gasteiger partial charge in [-0.3, -0.25) is 4.79 Å². The maximum Gasteiger partial charge on any atom is 0.332 e. The topological polar surface area (TPSA) is 56.8 Å². The summed E-state index contributed by atoms with van der Waals surface area (Å²) in [6.07, 6.45) is 22.4. The minimum Gasteiger partial charge on any atom is -0.356 e. The lowest BCUT2D eigenvalue weighted by molar-refractivity contribution is -0.121. The average molecular weight is 448 g/mol. The standard InChI is InChI=1S/C24H50NO4P/c1-4-5-6-7-8-9-10-11-12-13-14-15-18-21-24(26)25-22-19-16-17-20-23-29-30(27-2)28-3/h4-23H2,1-3H3,(H,25,26). The Hall–Kier alpha value is -0.220. The van der Waals surface area contributed by atoms with Crippen LogP contribution in [0, 0.1) is 0 Å². The molecule has 0 fully saturated rings. The highest BCUT2D eigenvalue weighted by Gasteiger charge is 2.06. The first-order valence-corrected chi connectivity index (χ1v) is 13.6. The number of carbonyl (C=O) groups excluding carboxylic acids is 1. The number of hydrogen-bond donors (Lipinski definition) is 1. The van der Waals surface area contributed by atoms with Crippen molar-refractivity contribution in [3.05, 3.63) is 0 Å². The van der Waals surface area contributed by atoms with Crippen molar-refractivity contribution < 1.29 is 18.4 Å². The summed E-state index contributed by atoms with van der Waals surface area (Å²) < 4.78 is 15.5. The number of rotatable bonds is 24. The average Bonchev–Trinajstić information content (AvgIpc) is 2.76. The van der Waals surface area contributed by atoms with Gasteiger partial charge in [-0.05, 0) is 19.3 Å². The van der Waals surface area contributed by atoms with E-state index in [0.29, 0.717) is 13.0 Å². The van der Waals surface area contributed by atoms with Crippen LogP contribution < -0.4 is 5.32 Å². The number of nitrogens with one attached hydrogen (secondary N) is 1. The highest BCUT2D eigenvalue weighted by Crippen LogP contribution is 2.37. The van der Waals surface area contributed by atoms with E-state index in [-0.39, 0.29) is 5.91 Å². The molecule has 0 aromatic carbocycles. The smallest absolute Gasteiger partial charge is 0.332 e. The van der Waals surface area contributed by atoms with Crippen molar-refractivity contribution in [1.29, 1.82) is 0 Å². The number of hydrogen-bond acceptors (Lipinski definition) is 4. The fourth-order valence-electron chi connectivity index (χ4n) is 3.52. The molecule has 0 aromatic rings. The summed E-state index contributed by atoms with van der Waals surface area (Å²) in [6, 6.07) is 0. The SMILES string of the molecule is CCCCCCCCCCCCCCCC(=O)NCCCCCCOP(OC)OC. The van der Waals surface area contributed by atoms with Crippen LogP contribution in [-0.4, -0.2) is 33.3 Å². The van der Waals surface area contributed by atoms with Crippen molar-refractivity contribution in [2.24, 2.45) is 0 Å². The van der Waals surface area contributed by atoms with Crippen molar-refractivity contribution in [3.63, 3.8) is 0 Å². The van der Waals surface area contributed by atoms with Gasteiger partial charge in [-0.2, -0.15) is 0 Å². The van der Waals surface area contributed by atoms with E-state index in [1.807, 2.05) is 0 Å². The maximum absolute atomic E-state index is 11.9. The van der Waals surface area contributed by atoms with Gasteiger partial charge in [0.1, 0.15) is 0 Å². The maximum atomic E-state index is 11.9. The Balaban J connectivity index is 3.20. The normalized spacial score (nSPS) is 11.3. The molecular formula is C24H50NO4P. The van der Waals surface area contributed by atoms with E-state index < -0.39 is 8.60 Å². The molecular weight excluding hydrogens is 397 g/mol. The van der Waals surface area contributed by atoms with Gasteiger partial charge in [0.05, 0.1) is 6.61 Å². The minimum absolute atomic E-state index is 0.215. The zero-order valence-corrected chi connectivity index (χ0v) is 21.1. The van der Waals surface area contributed by atoms with Crippen LogP contribution in [0.1, 0.15) is 122 Å². The molecule has 0 aliphatic rings. The van der Waals surface area contributed by atoms with Crippen LogP contribution in [-0.2, 0) is 18.4 Å². The van der Waals surface area contributed by atoms with E-state index in [9.17, 15) is 4.79 Å². The highest BCUT2D eigenvalue weighted by atomic mass is 31.2. The summed E-state index contributed by atoms with van der Waals surface area (Å²) in [5.74, 6) is 0.215. The van der Waals surface area contributed by atoms with Gasteiger partial charge in [-0.15, -0.1) is 0 Å². The van der Waals surface area contributed by atoms with Gasteiger partial charge in [-0.1, -0.05) is 96.8 Å². The molecule has 0 spiro atoms. The fraction of sp³-hybridized carbons (Fsp3) is 0.958. The van der Waals surface area contributed by atoms with Gasteiger partial charge in [0.2, 0.25) is 5.91 Å². The van der Waals surface area contributed by atoms with Crippen molar-refractivity contribution >= 4 is 14.5 Å². The molecule has 0 aliphatic carbocycles. The summed E-state index contributed by atoms with van der Waals surface area (Å²) in [5.41, 5.74) is 0. The third kappa shape index (κ3) is 22.5. The summed E-state index contributed by atoms with van der Waals surface area (Å²) in [6.45, 7) is 3.73. The molecule has 0 saturated carbocycles. The second-order valence-corrected chi connectivity index (χ2v) is 9.61. The van der Waals surface area contributed by atoms with Gasteiger partial charge in [0, 0.05) is 27.2 Å². The summed E-state index contributed by atoms with van der Waals surface area (Å²) in [7, 11) is 2.02. The molecule has 30 heavy (non-hydrogen) atoms. The first-order chi connectivity index (χ1) is 14.7. The summed E-state index contributed by atoms with van der Waals surface area (Å²) in [4.78, 5) is 11.9. The van der Waals surface area contributed by atoms with Crippen molar-refractivity contribution in [3.8, 4) is 0 Å². The van der Waals surface area contributed by atoms with E-state index in [1.54, 1.807) is 14.2 Å². The molecule has 0 aromatic heterocycles. The molecule has 0 heterocycles. The van der Waals surface area contributed by atoms with Crippen LogP contribution in [0.5, 0.6) is 0 Å². The van der Waals surface area contributed by atoms with Crippen LogP contribution in [0.4, 0.5) is 0 Å². The molecule has 0 atom stereocenters. The molecule has 0 radical (unpaired) electrons. The van der Waals surface area contributed by atoms with Crippen LogP contribution in [0.3, 0.4) is 0 Å². The Kier molecular flexibility index (Phi) is 24.9. The van der Waals surface area contributed by atoms with Crippen molar-refractivity contribution in [2.45, 2.75) is 122 Å².